The van der Waals surface area contributed by atoms with E-state index in [0.717, 1.165) is 18.6 Å². The lowest BCUT2D eigenvalue weighted by Gasteiger charge is -2.10. The number of rotatable bonds is 8. The van der Waals surface area contributed by atoms with Crippen LogP contribution in [0.1, 0.15) is 25.8 Å². The number of benzene rings is 1. The lowest BCUT2D eigenvalue weighted by atomic mass is 10.1. The molecule has 0 bridgehead atoms. The predicted octanol–water partition coefficient (Wildman–Crippen LogP) is 2.82. The Balaban J connectivity index is 2.33. The summed E-state index contributed by atoms with van der Waals surface area (Å²) in [6, 6.07) is 4.28. The van der Waals surface area contributed by atoms with Crippen molar-refractivity contribution in [3.63, 3.8) is 0 Å². The van der Waals surface area contributed by atoms with Crippen molar-refractivity contribution in [2.75, 3.05) is 25.1 Å². The molecule has 2 N–H and O–H groups in total. The number of nitrogens with one attached hydrogen (secondary N) is 2. The molecule has 0 saturated carbocycles. The Morgan fingerprint density at radius 2 is 1.83 bits per heavy atom. The Kier molecular flexibility index (Phi) is 7.70. The summed E-state index contributed by atoms with van der Waals surface area (Å²) in [5, 5.41) is 4.93. The van der Waals surface area contributed by atoms with E-state index >= 15 is 0 Å². The molecule has 0 saturated heterocycles. The summed E-state index contributed by atoms with van der Waals surface area (Å²) in [5.41, 5.74) is -0.842. The minimum atomic E-state index is -4.48. The molecule has 24 heavy (non-hydrogen) atoms. The minimum Gasteiger partial charge on any atom is -0.362 e. The maximum absolute atomic E-state index is 12.6. The van der Waals surface area contributed by atoms with Gasteiger partial charge in [0.2, 0.25) is 11.8 Å². The second kappa shape index (κ2) is 9.27. The normalized spacial score (nSPS) is 11.4. The number of alkyl halides is 3. The van der Waals surface area contributed by atoms with Crippen LogP contribution in [0.15, 0.2) is 24.3 Å². The molecule has 0 fully saturated rings. The number of ether oxygens (including phenoxy) is 1. The summed E-state index contributed by atoms with van der Waals surface area (Å²) in [4.78, 5) is 23.0. The van der Waals surface area contributed by atoms with Crippen molar-refractivity contribution in [1.29, 1.82) is 0 Å². The summed E-state index contributed by atoms with van der Waals surface area (Å²) in [6.07, 6.45) is -3.65. The van der Waals surface area contributed by atoms with Gasteiger partial charge in [-0.3, -0.25) is 9.59 Å². The van der Waals surface area contributed by atoms with E-state index in [2.05, 4.69) is 10.6 Å². The molecule has 1 aromatic rings. The van der Waals surface area contributed by atoms with Crippen molar-refractivity contribution in [3.05, 3.63) is 29.8 Å². The molecule has 5 nitrogen and oxygen atoms in total. The monoisotopic (exact) mass is 346 g/mol. The van der Waals surface area contributed by atoms with Crippen molar-refractivity contribution in [2.24, 2.45) is 5.92 Å². The number of carbonyl (C=O) groups is 2. The van der Waals surface area contributed by atoms with Crippen LogP contribution in [0.4, 0.5) is 18.9 Å². The highest BCUT2D eigenvalue weighted by Gasteiger charge is 2.30. The fourth-order valence-corrected chi connectivity index (χ4v) is 1.76. The van der Waals surface area contributed by atoms with Crippen molar-refractivity contribution < 1.29 is 27.5 Å². The molecule has 0 atom stereocenters. The molecule has 1 aromatic carbocycles. The van der Waals surface area contributed by atoms with E-state index in [1.807, 2.05) is 13.8 Å². The fourth-order valence-electron chi connectivity index (χ4n) is 1.76. The lowest BCUT2D eigenvalue weighted by molar-refractivity contribution is -0.137. The van der Waals surface area contributed by atoms with Crippen LogP contribution < -0.4 is 10.6 Å². The van der Waals surface area contributed by atoms with Crippen molar-refractivity contribution in [2.45, 2.75) is 26.4 Å². The molecule has 0 unspecified atom stereocenters. The average molecular weight is 346 g/mol. The van der Waals surface area contributed by atoms with Gasteiger partial charge in [0.05, 0.1) is 5.56 Å². The van der Waals surface area contributed by atoms with E-state index in [-0.39, 0.29) is 18.2 Å². The molecule has 0 heterocycles. The second-order valence-electron chi connectivity index (χ2n) is 5.65. The average Bonchev–Trinajstić information content (AvgIpc) is 2.46. The molecular formula is C16H21F3N2O3. The first-order valence-electron chi connectivity index (χ1n) is 7.50. The molecule has 0 aliphatic rings. The van der Waals surface area contributed by atoms with Gasteiger partial charge in [0.25, 0.3) is 0 Å². The van der Waals surface area contributed by atoms with Gasteiger partial charge >= 0.3 is 6.18 Å². The van der Waals surface area contributed by atoms with Crippen LogP contribution in [0.5, 0.6) is 0 Å². The van der Waals surface area contributed by atoms with Crippen LogP contribution in [0.2, 0.25) is 0 Å². The number of hydrogen-bond donors (Lipinski definition) is 2. The van der Waals surface area contributed by atoms with Gasteiger partial charge in [-0.15, -0.1) is 0 Å². The maximum Gasteiger partial charge on any atom is 0.416 e. The Morgan fingerprint density at radius 3 is 2.46 bits per heavy atom. The molecular weight excluding hydrogens is 325 g/mol. The third-order valence-corrected chi connectivity index (χ3v) is 2.98. The molecule has 1 rings (SSSR count). The van der Waals surface area contributed by atoms with Gasteiger partial charge in [-0.1, -0.05) is 19.9 Å². The smallest absolute Gasteiger partial charge is 0.362 e. The summed E-state index contributed by atoms with van der Waals surface area (Å²) in [7, 11) is 0. The van der Waals surface area contributed by atoms with Crippen LogP contribution in [0, 0.1) is 5.92 Å². The van der Waals surface area contributed by atoms with Gasteiger partial charge in [-0.25, -0.2) is 0 Å². The van der Waals surface area contributed by atoms with Crippen LogP contribution >= 0.6 is 0 Å². The Labute approximate surface area is 138 Å². The molecule has 0 spiro atoms. The van der Waals surface area contributed by atoms with Gasteiger partial charge in [-0.05, 0) is 30.5 Å². The van der Waals surface area contributed by atoms with E-state index in [9.17, 15) is 22.8 Å². The zero-order valence-electron chi connectivity index (χ0n) is 13.6. The van der Waals surface area contributed by atoms with Gasteiger partial charge in [0.1, 0.15) is 13.2 Å². The highest BCUT2D eigenvalue weighted by atomic mass is 19.4. The molecule has 0 aromatic heterocycles. The minimum absolute atomic E-state index is 0.0137. The van der Waals surface area contributed by atoms with Crippen LogP contribution in [0.3, 0.4) is 0 Å². The van der Waals surface area contributed by atoms with E-state index in [0.29, 0.717) is 12.5 Å². The second-order valence-corrected chi connectivity index (χ2v) is 5.65. The van der Waals surface area contributed by atoms with Gasteiger partial charge in [0, 0.05) is 12.2 Å². The number of carbonyl (C=O) groups excluding carboxylic acids is 2. The largest absolute Gasteiger partial charge is 0.416 e. The van der Waals surface area contributed by atoms with Gasteiger partial charge in [-0.2, -0.15) is 13.2 Å². The zero-order chi connectivity index (χ0) is 18.2. The molecule has 0 aliphatic heterocycles. The van der Waals surface area contributed by atoms with Crippen LogP contribution in [0.25, 0.3) is 0 Å². The first-order chi connectivity index (χ1) is 11.2. The highest BCUT2D eigenvalue weighted by molar-refractivity contribution is 5.92. The molecule has 134 valence electrons. The zero-order valence-corrected chi connectivity index (χ0v) is 13.6. The number of halogens is 3. The highest BCUT2D eigenvalue weighted by Crippen LogP contribution is 2.30. The Bertz CT molecular complexity index is 560. The maximum atomic E-state index is 12.6. The summed E-state index contributed by atoms with van der Waals surface area (Å²) >= 11 is 0. The van der Waals surface area contributed by atoms with Crippen LogP contribution in [-0.4, -0.2) is 31.6 Å². The van der Waals surface area contributed by atoms with Gasteiger partial charge < -0.3 is 15.4 Å². The lowest BCUT2D eigenvalue weighted by Crippen LogP contribution is -2.30. The SMILES string of the molecule is CC(C)CCNC(=O)COCC(=O)Nc1cccc(C(F)(F)F)c1. The molecule has 8 heteroatoms. The van der Waals surface area contributed by atoms with E-state index in [4.69, 9.17) is 4.74 Å². The Hall–Kier alpha value is -2.09. The van der Waals surface area contributed by atoms with E-state index in [1.54, 1.807) is 0 Å². The third-order valence-electron chi connectivity index (χ3n) is 2.98. The fraction of sp³-hybridized carbons (Fsp3) is 0.500. The van der Waals surface area contributed by atoms with Crippen molar-refractivity contribution >= 4 is 17.5 Å². The predicted molar refractivity (Wildman–Crippen MR) is 83.4 cm³/mol. The van der Waals surface area contributed by atoms with Crippen molar-refractivity contribution in [3.8, 4) is 0 Å². The summed E-state index contributed by atoms with van der Waals surface area (Å²) in [6.45, 7) is 3.87. The van der Waals surface area contributed by atoms with Crippen LogP contribution in [-0.2, 0) is 20.5 Å². The molecule has 0 radical (unpaired) electrons. The standard InChI is InChI=1S/C16H21F3N2O3/c1-11(2)6-7-20-14(22)9-24-10-15(23)21-13-5-3-4-12(8-13)16(17,18)19/h3-5,8,11H,6-7,9-10H2,1-2H3,(H,20,22)(H,21,23). The summed E-state index contributed by atoms with van der Waals surface area (Å²) < 4.78 is 42.6. The Morgan fingerprint density at radius 1 is 1.17 bits per heavy atom. The number of hydrogen-bond acceptors (Lipinski definition) is 3. The summed E-state index contributed by atoms with van der Waals surface area (Å²) in [5.74, 6) is -0.517. The quantitative estimate of drug-likeness (QED) is 0.761. The number of anilines is 1. The first kappa shape index (κ1) is 20.0. The number of amides is 2. The van der Waals surface area contributed by atoms with E-state index < -0.39 is 24.3 Å². The topological polar surface area (TPSA) is 67.4 Å². The molecule has 0 aliphatic carbocycles. The van der Waals surface area contributed by atoms with Gasteiger partial charge in [0.15, 0.2) is 0 Å². The molecule has 2 amide bonds. The third kappa shape index (κ3) is 7.96. The van der Waals surface area contributed by atoms with Crippen molar-refractivity contribution in [1.82, 2.24) is 5.32 Å². The first-order valence-corrected chi connectivity index (χ1v) is 7.50. The van der Waals surface area contributed by atoms with E-state index in [1.165, 1.54) is 12.1 Å².